The number of nitrogens with two attached hydrogens (primary N) is 1. The van der Waals surface area contributed by atoms with Crippen LogP contribution in [0.25, 0.3) is 0 Å². The van der Waals surface area contributed by atoms with Crippen molar-refractivity contribution in [2.75, 3.05) is 19.4 Å². The smallest absolute Gasteiger partial charge is 0.315 e. The average molecular weight is 315 g/mol. The fourth-order valence-electron chi connectivity index (χ4n) is 3.04. The van der Waals surface area contributed by atoms with Gasteiger partial charge >= 0.3 is 5.97 Å². The minimum atomic E-state index is -3.53. The third kappa shape index (κ3) is 2.55. The first-order valence-corrected chi connectivity index (χ1v) is 8.56. The average Bonchev–Trinajstić information content (AvgIpc) is 3.09. The van der Waals surface area contributed by atoms with E-state index in [-0.39, 0.29) is 13.2 Å². The standard InChI is InChI=1S/C14H18FNO4S/c1-3-20-13(17)14(8-16)11(12(14)21(2,18)19)9-5-4-6-10(15)7-9/h4-7,11-12H,3,8,16H2,1-2H3/t11-,12+,14-/m1/s1. The van der Waals surface area contributed by atoms with Crippen LogP contribution in [0.15, 0.2) is 24.3 Å². The number of benzene rings is 1. The molecule has 1 aromatic rings. The van der Waals surface area contributed by atoms with Gasteiger partial charge in [-0.3, -0.25) is 4.79 Å². The van der Waals surface area contributed by atoms with Crippen molar-refractivity contribution in [3.63, 3.8) is 0 Å². The minimum Gasteiger partial charge on any atom is -0.465 e. The summed E-state index contributed by atoms with van der Waals surface area (Å²) in [5.41, 5.74) is 4.82. The summed E-state index contributed by atoms with van der Waals surface area (Å²) in [6.45, 7) is 1.61. The van der Waals surface area contributed by atoms with Crippen molar-refractivity contribution >= 4 is 15.8 Å². The first kappa shape index (κ1) is 15.9. The van der Waals surface area contributed by atoms with Crippen LogP contribution >= 0.6 is 0 Å². The van der Waals surface area contributed by atoms with Gasteiger partial charge in [0.05, 0.1) is 11.9 Å². The van der Waals surface area contributed by atoms with Gasteiger partial charge in [-0.2, -0.15) is 0 Å². The van der Waals surface area contributed by atoms with Gasteiger partial charge < -0.3 is 10.5 Å². The highest BCUT2D eigenvalue weighted by Gasteiger charge is 2.74. The molecule has 0 unspecified atom stereocenters. The number of ether oxygens (including phenoxy) is 1. The summed E-state index contributed by atoms with van der Waals surface area (Å²) in [6, 6.07) is 5.58. The topological polar surface area (TPSA) is 86.5 Å². The van der Waals surface area contributed by atoms with Crippen LogP contribution < -0.4 is 5.73 Å². The molecule has 5 nitrogen and oxygen atoms in total. The molecule has 1 aliphatic carbocycles. The second-order valence-electron chi connectivity index (χ2n) is 5.25. The summed E-state index contributed by atoms with van der Waals surface area (Å²) in [7, 11) is -3.53. The fraction of sp³-hybridized carbons (Fsp3) is 0.500. The summed E-state index contributed by atoms with van der Waals surface area (Å²) >= 11 is 0. The maximum Gasteiger partial charge on any atom is 0.315 e. The maximum absolute atomic E-state index is 13.4. The van der Waals surface area contributed by atoms with Gasteiger partial charge in [0, 0.05) is 18.7 Å². The van der Waals surface area contributed by atoms with E-state index in [9.17, 15) is 17.6 Å². The van der Waals surface area contributed by atoms with Crippen LogP contribution in [-0.2, 0) is 19.4 Å². The van der Waals surface area contributed by atoms with Crippen LogP contribution in [-0.4, -0.2) is 39.0 Å². The number of carbonyl (C=O) groups is 1. The highest BCUT2D eigenvalue weighted by atomic mass is 32.2. The molecule has 0 aliphatic heterocycles. The molecule has 0 radical (unpaired) electrons. The van der Waals surface area contributed by atoms with Crippen molar-refractivity contribution in [1.82, 2.24) is 0 Å². The first-order chi connectivity index (χ1) is 9.79. The highest BCUT2D eigenvalue weighted by Crippen LogP contribution is 2.62. The number of halogens is 1. The second-order valence-corrected chi connectivity index (χ2v) is 7.41. The minimum absolute atomic E-state index is 0.132. The van der Waals surface area contributed by atoms with Gasteiger partial charge in [0.25, 0.3) is 0 Å². The molecule has 0 aromatic heterocycles. The lowest BCUT2D eigenvalue weighted by atomic mass is 9.99. The van der Waals surface area contributed by atoms with E-state index in [1.54, 1.807) is 13.0 Å². The van der Waals surface area contributed by atoms with E-state index in [0.717, 1.165) is 6.26 Å². The van der Waals surface area contributed by atoms with Crippen LogP contribution in [0.2, 0.25) is 0 Å². The first-order valence-electron chi connectivity index (χ1n) is 6.60. The van der Waals surface area contributed by atoms with E-state index in [1.165, 1.54) is 18.2 Å². The predicted molar refractivity (Wildman–Crippen MR) is 75.9 cm³/mol. The van der Waals surface area contributed by atoms with Gasteiger partial charge in [-0.15, -0.1) is 0 Å². The molecule has 0 saturated heterocycles. The predicted octanol–water partition coefficient (Wildman–Crippen LogP) is 0.844. The Kier molecular flexibility index (Phi) is 4.08. The van der Waals surface area contributed by atoms with Crippen molar-refractivity contribution in [3.05, 3.63) is 35.6 Å². The van der Waals surface area contributed by atoms with Crippen LogP contribution in [0.1, 0.15) is 18.4 Å². The lowest BCUT2D eigenvalue weighted by Crippen LogP contribution is -2.33. The van der Waals surface area contributed by atoms with Crippen LogP contribution in [0.3, 0.4) is 0 Å². The van der Waals surface area contributed by atoms with Gasteiger partial charge in [0.2, 0.25) is 0 Å². The maximum atomic E-state index is 13.4. The van der Waals surface area contributed by atoms with Crippen molar-refractivity contribution in [2.24, 2.45) is 11.1 Å². The van der Waals surface area contributed by atoms with E-state index < -0.39 is 38.2 Å². The van der Waals surface area contributed by atoms with Crippen LogP contribution in [0.4, 0.5) is 4.39 Å². The summed E-state index contributed by atoms with van der Waals surface area (Å²) in [4.78, 5) is 12.2. The van der Waals surface area contributed by atoms with E-state index in [1.807, 2.05) is 0 Å². The Bertz CT molecular complexity index is 661. The van der Waals surface area contributed by atoms with Crippen molar-refractivity contribution in [3.8, 4) is 0 Å². The van der Waals surface area contributed by atoms with Crippen LogP contribution in [0.5, 0.6) is 0 Å². The fourth-order valence-corrected chi connectivity index (χ4v) is 4.96. The molecule has 2 rings (SSSR count). The summed E-state index contributed by atoms with van der Waals surface area (Å²) < 4.78 is 42.4. The zero-order chi connectivity index (χ0) is 15.8. The summed E-state index contributed by atoms with van der Waals surface area (Å²) in [5, 5.41) is -0.976. The number of esters is 1. The Balaban J connectivity index is 2.50. The molecule has 1 saturated carbocycles. The third-order valence-electron chi connectivity index (χ3n) is 3.92. The zero-order valence-electron chi connectivity index (χ0n) is 11.9. The third-order valence-corrected chi connectivity index (χ3v) is 5.53. The van der Waals surface area contributed by atoms with Gasteiger partial charge in [-0.1, -0.05) is 12.1 Å². The number of carbonyl (C=O) groups excluding carboxylic acids is 1. The normalized spacial score (nSPS) is 28.2. The lowest BCUT2D eigenvalue weighted by Gasteiger charge is -2.14. The molecule has 0 amide bonds. The SMILES string of the molecule is CCOC(=O)[C@]1(CN)[C@H](c2cccc(F)c2)[C@@H]1S(C)(=O)=O. The molecule has 116 valence electrons. The van der Waals surface area contributed by atoms with E-state index in [2.05, 4.69) is 0 Å². The monoisotopic (exact) mass is 315 g/mol. The largest absolute Gasteiger partial charge is 0.465 e. The second kappa shape index (κ2) is 5.38. The van der Waals surface area contributed by atoms with Gasteiger partial charge in [0.1, 0.15) is 11.2 Å². The summed E-state index contributed by atoms with van der Waals surface area (Å²) in [6.07, 6.45) is 1.06. The van der Waals surface area contributed by atoms with Gasteiger partial charge in [-0.25, -0.2) is 12.8 Å². The van der Waals surface area contributed by atoms with E-state index >= 15 is 0 Å². The molecular formula is C14H18FNO4S. The molecule has 1 fully saturated rings. The molecule has 21 heavy (non-hydrogen) atoms. The number of rotatable bonds is 5. The molecule has 7 heteroatoms. The number of hydrogen-bond acceptors (Lipinski definition) is 5. The quantitative estimate of drug-likeness (QED) is 0.814. The Morgan fingerprint density at radius 3 is 2.62 bits per heavy atom. The van der Waals surface area contributed by atoms with E-state index in [4.69, 9.17) is 10.5 Å². The summed E-state index contributed by atoms with van der Waals surface area (Å²) in [5.74, 6) is -1.80. The van der Waals surface area contributed by atoms with E-state index in [0.29, 0.717) is 5.56 Å². The molecule has 1 aliphatic rings. The number of sulfone groups is 1. The van der Waals surface area contributed by atoms with Gasteiger partial charge in [0.15, 0.2) is 9.84 Å². The zero-order valence-corrected chi connectivity index (χ0v) is 12.7. The molecule has 0 heterocycles. The van der Waals surface area contributed by atoms with Crippen molar-refractivity contribution in [1.29, 1.82) is 0 Å². The number of hydrogen-bond donors (Lipinski definition) is 1. The molecule has 0 bridgehead atoms. The highest BCUT2D eigenvalue weighted by molar-refractivity contribution is 7.91. The van der Waals surface area contributed by atoms with Gasteiger partial charge in [-0.05, 0) is 24.6 Å². The molecule has 2 N–H and O–H groups in total. The Morgan fingerprint density at radius 1 is 1.48 bits per heavy atom. The molecule has 1 aromatic carbocycles. The van der Waals surface area contributed by atoms with Crippen LogP contribution in [0, 0.1) is 11.2 Å². The molecule has 0 spiro atoms. The van der Waals surface area contributed by atoms with Crippen molar-refractivity contribution in [2.45, 2.75) is 18.1 Å². The lowest BCUT2D eigenvalue weighted by molar-refractivity contribution is -0.149. The molecule has 3 atom stereocenters. The Hall–Kier alpha value is -1.47. The van der Waals surface area contributed by atoms with Crippen molar-refractivity contribution < 1.29 is 22.3 Å². The Morgan fingerprint density at radius 2 is 2.14 bits per heavy atom. The molecular weight excluding hydrogens is 297 g/mol. The Labute approximate surface area is 123 Å².